The van der Waals surface area contributed by atoms with Crippen molar-refractivity contribution in [3.8, 4) is 0 Å². The van der Waals surface area contributed by atoms with Crippen molar-refractivity contribution in [3.05, 3.63) is 24.3 Å². The molecule has 15 heavy (non-hydrogen) atoms. The Morgan fingerprint density at radius 3 is 2.67 bits per heavy atom. The van der Waals surface area contributed by atoms with E-state index in [1.54, 1.807) is 5.01 Å². The molecule has 0 heterocycles. The van der Waals surface area contributed by atoms with Gasteiger partial charge in [0.25, 0.3) is 0 Å². The van der Waals surface area contributed by atoms with E-state index >= 15 is 0 Å². The van der Waals surface area contributed by atoms with Crippen LogP contribution in [0.15, 0.2) is 29.2 Å². The number of nitrogens with two attached hydrogens (primary N) is 2. The minimum Gasteiger partial charge on any atom is -0.310 e. The maximum absolute atomic E-state index is 5.98. The van der Waals surface area contributed by atoms with Crippen molar-refractivity contribution in [2.75, 3.05) is 11.6 Å². The molecule has 0 saturated carbocycles. The van der Waals surface area contributed by atoms with Gasteiger partial charge in [-0.1, -0.05) is 31.9 Å². The number of hydrogen-bond donors (Lipinski definition) is 2. The molecule has 0 aliphatic heterocycles. The fraction of sp³-hybridized carbons (Fsp3) is 0.455. The van der Waals surface area contributed by atoms with E-state index in [-0.39, 0.29) is 0 Å². The largest absolute Gasteiger partial charge is 0.310 e. The Morgan fingerprint density at radius 2 is 2.00 bits per heavy atom. The number of unbranched alkanes of at least 4 members (excludes halogenated alkanes) is 2. The molecular formula is C11H19N3S. The molecule has 0 aliphatic carbocycles. The molecular weight excluding hydrogens is 206 g/mol. The highest BCUT2D eigenvalue weighted by molar-refractivity contribution is 7.97. The lowest BCUT2D eigenvalue weighted by atomic mass is 10.2. The highest BCUT2D eigenvalue weighted by Gasteiger charge is 2.05. The topological polar surface area (TPSA) is 55.3 Å². The molecule has 4 heteroatoms. The Kier molecular flexibility index (Phi) is 5.53. The Labute approximate surface area is 95.9 Å². The van der Waals surface area contributed by atoms with Gasteiger partial charge >= 0.3 is 0 Å². The molecule has 0 aliphatic rings. The summed E-state index contributed by atoms with van der Waals surface area (Å²) in [6.07, 6.45) is 3.54. The highest BCUT2D eigenvalue weighted by Crippen LogP contribution is 2.25. The number of anilines is 1. The summed E-state index contributed by atoms with van der Waals surface area (Å²) in [5.41, 5.74) is 1.01. The third-order valence-electron chi connectivity index (χ3n) is 2.30. The van der Waals surface area contributed by atoms with Crippen LogP contribution in [-0.2, 0) is 0 Å². The molecule has 84 valence electrons. The van der Waals surface area contributed by atoms with Gasteiger partial charge in [-0.3, -0.25) is 5.14 Å². The Bertz CT molecular complexity index is 291. The molecule has 0 fully saturated rings. The first-order chi connectivity index (χ1) is 7.29. The molecule has 0 aromatic heterocycles. The molecule has 0 spiro atoms. The van der Waals surface area contributed by atoms with E-state index in [4.69, 9.17) is 11.0 Å². The van der Waals surface area contributed by atoms with Gasteiger partial charge < -0.3 is 5.01 Å². The third kappa shape index (κ3) is 3.74. The molecule has 1 aromatic rings. The zero-order valence-electron chi connectivity index (χ0n) is 9.15. The van der Waals surface area contributed by atoms with Gasteiger partial charge in [-0.25, -0.2) is 5.84 Å². The number of hydrazine groups is 1. The van der Waals surface area contributed by atoms with Crippen LogP contribution in [0.2, 0.25) is 0 Å². The van der Waals surface area contributed by atoms with E-state index in [2.05, 4.69) is 6.92 Å². The van der Waals surface area contributed by atoms with Crippen LogP contribution in [0.3, 0.4) is 0 Å². The van der Waals surface area contributed by atoms with Crippen molar-refractivity contribution >= 4 is 17.6 Å². The number of rotatable bonds is 6. The van der Waals surface area contributed by atoms with Crippen LogP contribution in [0.4, 0.5) is 5.69 Å². The lowest BCUT2D eigenvalue weighted by molar-refractivity contribution is 0.685. The smallest absolute Gasteiger partial charge is 0.0666 e. The number of hydrogen-bond acceptors (Lipinski definition) is 4. The van der Waals surface area contributed by atoms with Crippen LogP contribution < -0.4 is 16.0 Å². The van der Waals surface area contributed by atoms with Gasteiger partial charge in [0.05, 0.1) is 5.69 Å². The minimum atomic E-state index is 0.880. The molecule has 0 amide bonds. The van der Waals surface area contributed by atoms with Crippen molar-refractivity contribution in [1.29, 1.82) is 0 Å². The summed E-state index contributed by atoms with van der Waals surface area (Å²) in [5, 5.41) is 7.36. The van der Waals surface area contributed by atoms with Crippen LogP contribution >= 0.6 is 11.9 Å². The maximum Gasteiger partial charge on any atom is 0.0666 e. The van der Waals surface area contributed by atoms with E-state index in [0.29, 0.717) is 0 Å². The van der Waals surface area contributed by atoms with Crippen LogP contribution in [0.1, 0.15) is 26.2 Å². The standard InChI is InChI=1S/C11H19N3S/c1-2-3-6-9-14(12)10-7-4-5-8-11(10)15-13/h4-5,7-8H,2-3,6,9,12-13H2,1H3. The Morgan fingerprint density at radius 1 is 1.27 bits per heavy atom. The summed E-state index contributed by atoms with van der Waals surface area (Å²) in [7, 11) is 0. The lowest BCUT2D eigenvalue weighted by Crippen LogP contribution is -2.32. The Balaban J connectivity index is 2.59. The quantitative estimate of drug-likeness (QED) is 0.338. The van der Waals surface area contributed by atoms with Crippen molar-refractivity contribution in [2.45, 2.75) is 31.1 Å². The summed E-state index contributed by atoms with van der Waals surface area (Å²) >= 11 is 1.24. The molecule has 0 unspecified atom stereocenters. The summed E-state index contributed by atoms with van der Waals surface area (Å²) in [6.45, 7) is 3.07. The van der Waals surface area contributed by atoms with E-state index in [9.17, 15) is 0 Å². The van der Waals surface area contributed by atoms with Gasteiger partial charge in [-0.05, 0) is 30.5 Å². The fourth-order valence-corrected chi connectivity index (χ4v) is 1.91. The fourth-order valence-electron chi connectivity index (χ4n) is 1.45. The molecule has 0 atom stereocenters. The second-order valence-electron chi connectivity index (χ2n) is 3.49. The summed E-state index contributed by atoms with van der Waals surface area (Å²) in [5.74, 6) is 5.98. The van der Waals surface area contributed by atoms with Crippen LogP contribution in [0.5, 0.6) is 0 Å². The van der Waals surface area contributed by atoms with Crippen molar-refractivity contribution in [2.24, 2.45) is 11.0 Å². The normalized spacial score (nSPS) is 10.3. The van der Waals surface area contributed by atoms with Crippen molar-refractivity contribution in [1.82, 2.24) is 0 Å². The minimum absolute atomic E-state index is 0.880. The monoisotopic (exact) mass is 225 g/mol. The van der Waals surface area contributed by atoms with E-state index in [1.165, 1.54) is 24.8 Å². The molecule has 1 aromatic carbocycles. The Hall–Kier alpha value is -0.710. The molecule has 3 nitrogen and oxygen atoms in total. The first-order valence-electron chi connectivity index (χ1n) is 5.27. The van der Waals surface area contributed by atoms with Crippen molar-refractivity contribution < 1.29 is 0 Å². The predicted molar refractivity (Wildman–Crippen MR) is 67.5 cm³/mol. The van der Waals surface area contributed by atoms with Gasteiger partial charge in [0, 0.05) is 11.4 Å². The van der Waals surface area contributed by atoms with Gasteiger partial charge in [0.15, 0.2) is 0 Å². The maximum atomic E-state index is 5.98. The van der Waals surface area contributed by atoms with E-state index in [1.807, 2.05) is 24.3 Å². The molecule has 0 saturated heterocycles. The average molecular weight is 225 g/mol. The zero-order valence-corrected chi connectivity index (χ0v) is 9.96. The summed E-state index contributed by atoms with van der Waals surface area (Å²) in [4.78, 5) is 1.02. The first-order valence-corrected chi connectivity index (χ1v) is 6.15. The van der Waals surface area contributed by atoms with Gasteiger partial charge in [0.2, 0.25) is 0 Å². The predicted octanol–water partition coefficient (Wildman–Crippen LogP) is 2.52. The second-order valence-corrected chi connectivity index (χ2v) is 4.16. The number of benzene rings is 1. The summed E-state index contributed by atoms with van der Waals surface area (Å²) < 4.78 is 0. The first kappa shape index (κ1) is 12.4. The molecule has 1 rings (SSSR count). The molecule has 0 bridgehead atoms. The number of nitrogens with zero attached hydrogens (tertiary/aromatic N) is 1. The second kappa shape index (κ2) is 6.71. The highest BCUT2D eigenvalue weighted by atomic mass is 32.2. The average Bonchev–Trinajstić information content (AvgIpc) is 2.29. The van der Waals surface area contributed by atoms with Gasteiger partial charge in [0.1, 0.15) is 0 Å². The van der Waals surface area contributed by atoms with Crippen LogP contribution in [0, 0.1) is 0 Å². The third-order valence-corrected chi connectivity index (χ3v) is 2.90. The molecule has 0 radical (unpaired) electrons. The van der Waals surface area contributed by atoms with E-state index in [0.717, 1.165) is 23.5 Å². The van der Waals surface area contributed by atoms with Crippen LogP contribution in [-0.4, -0.2) is 6.54 Å². The zero-order chi connectivity index (χ0) is 11.1. The SMILES string of the molecule is CCCCCN(N)c1ccccc1SN. The van der Waals surface area contributed by atoms with Crippen molar-refractivity contribution in [3.63, 3.8) is 0 Å². The van der Waals surface area contributed by atoms with Gasteiger partial charge in [-0.2, -0.15) is 0 Å². The van der Waals surface area contributed by atoms with E-state index < -0.39 is 0 Å². The van der Waals surface area contributed by atoms with Crippen LogP contribution in [0.25, 0.3) is 0 Å². The van der Waals surface area contributed by atoms with Gasteiger partial charge in [-0.15, -0.1) is 0 Å². The summed E-state index contributed by atoms with van der Waals surface area (Å²) in [6, 6.07) is 7.94. The molecule has 4 N–H and O–H groups in total. The number of para-hydroxylation sites is 1. The lowest BCUT2D eigenvalue weighted by Gasteiger charge is -2.20.